The van der Waals surface area contributed by atoms with Crippen LogP contribution in [0.25, 0.3) is 0 Å². The van der Waals surface area contributed by atoms with Gasteiger partial charge in [0.25, 0.3) is 0 Å². The van der Waals surface area contributed by atoms with E-state index < -0.39 is 10.1 Å². The third kappa shape index (κ3) is 8.71. The summed E-state index contributed by atoms with van der Waals surface area (Å²) < 4.78 is 33.2. The van der Waals surface area contributed by atoms with E-state index in [-0.39, 0.29) is 27.0 Å². The zero-order chi connectivity index (χ0) is 15.0. The molecule has 0 spiro atoms. The zero-order valence-corrected chi connectivity index (χ0v) is 15.1. The molecule has 1 N–H and O–H groups in total. The Balaban J connectivity index is 2.31. The van der Waals surface area contributed by atoms with E-state index in [9.17, 15) is 8.42 Å². The van der Waals surface area contributed by atoms with E-state index in [1.54, 1.807) is 6.92 Å². The van der Waals surface area contributed by atoms with Gasteiger partial charge in [0.1, 0.15) is 0 Å². The van der Waals surface area contributed by atoms with Gasteiger partial charge in [0.2, 0.25) is 0 Å². The summed E-state index contributed by atoms with van der Waals surface area (Å²) in [5, 5.41) is 0. The summed E-state index contributed by atoms with van der Waals surface area (Å²) in [6, 6.07) is 0. The van der Waals surface area contributed by atoms with Crippen LogP contribution in [0.1, 0.15) is 33.1 Å². The minimum atomic E-state index is -3.89. The number of hydrogen-bond acceptors (Lipinski definition) is 2. The maximum atomic E-state index is 10.7. The molecule has 0 aliphatic carbocycles. The molecule has 0 amide bonds. The number of hydrogen-bond donors (Lipinski definition) is 1. The predicted molar refractivity (Wildman–Crippen MR) is 95.3 cm³/mol. The Kier molecular flexibility index (Phi) is 7.76. The van der Waals surface area contributed by atoms with E-state index in [0.29, 0.717) is 5.57 Å². The SMILES string of the molecule is CC(=CCC/C(C)=C\CC1C=CC=C[IH]1)CS(=O)(=O)O. The normalized spacial score (nSPS) is 20.9. The Hall–Kier alpha value is -0.400. The third-order valence-electron chi connectivity index (χ3n) is 2.91. The van der Waals surface area contributed by atoms with Crippen LogP contribution in [0.2, 0.25) is 0 Å². The van der Waals surface area contributed by atoms with Gasteiger partial charge < -0.3 is 0 Å². The standard InChI is InChI=1S/C15H23IO3S/c1-13(9-10-15-8-3-4-11-16-15)6-5-7-14(2)12-20(17,18)19/h3-4,7-9,11,15-16H,5-6,10,12H2,1-2H3,(H,17,18,19)/b13-9-,14-7?. The first kappa shape index (κ1) is 17.7. The zero-order valence-electron chi connectivity index (χ0n) is 12.0. The van der Waals surface area contributed by atoms with E-state index in [1.165, 1.54) is 5.57 Å². The molecule has 1 heterocycles. The first-order valence-electron chi connectivity index (χ1n) is 6.62. The molecule has 0 fully saturated rings. The fourth-order valence-corrected chi connectivity index (χ4v) is 4.77. The summed E-state index contributed by atoms with van der Waals surface area (Å²) in [5.74, 6) is -0.264. The van der Waals surface area contributed by atoms with E-state index in [1.807, 2.05) is 6.08 Å². The second-order valence-electron chi connectivity index (χ2n) is 4.99. The molecule has 0 saturated heterocycles. The molecule has 114 valence electrons. The number of allylic oxidation sites excluding steroid dienone is 6. The maximum absolute atomic E-state index is 10.7. The average molecular weight is 410 g/mol. The molecular formula is C15H23IO3S. The van der Waals surface area contributed by atoms with Gasteiger partial charge >= 0.3 is 133 Å². The van der Waals surface area contributed by atoms with E-state index in [2.05, 4.69) is 35.3 Å². The molecule has 20 heavy (non-hydrogen) atoms. The third-order valence-corrected chi connectivity index (χ3v) is 6.62. The van der Waals surface area contributed by atoms with Crippen LogP contribution in [0.15, 0.2) is 45.6 Å². The van der Waals surface area contributed by atoms with Crippen molar-refractivity contribution in [1.82, 2.24) is 0 Å². The first-order valence-corrected chi connectivity index (χ1v) is 10.9. The fraction of sp³-hybridized carbons (Fsp3) is 0.467. The molecule has 0 saturated carbocycles. The molecule has 1 aliphatic heterocycles. The fourth-order valence-electron chi connectivity index (χ4n) is 1.87. The van der Waals surface area contributed by atoms with Crippen molar-refractivity contribution in [2.45, 2.75) is 37.0 Å². The molecule has 0 radical (unpaired) electrons. The van der Waals surface area contributed by atoms with Crippen LogP contribution in [0, 0.1) is 0 Å². The summed E-state index contributed by atoms with van der Waals surface area (Å²) in [6.45, 7) is 3.85. The average Bonchev–Trinajstić information content (AvgIpc) is 2.35. The molecule has 0 aromatic carbocycles. The van der Waals surface area contributed by atoms with Crippen LogP contribution in [0.4, 0.5) is 0 Å². The quantitative estimate of drug-likeness (QED) is 0.298. The van der Waals surface area contributed by atoms with Crippen molar-refractivity contribution in [1.29, 1.82) is 0 Å². The van der Waals surface area contributed by atoms with Crippen molar-refractivity contribution in [2.24, 2.45) is 0 Å². The van der Waals surface area contributed by atoms with Gasteiger partial charge in [-0.25, -0.2) is 0 Å². The van der Waals surface area contributed by atoms with Crippen molar-refractivity contribution >= 4 is 31.3 Å². The molecule has 1 aliphatic rings. The van der Waals surface area contributed by atoms with Crippen molar-refractivity contribution in [3.63, 3.8) is 0 Å². The molecule has 0 aromatic rings. The van der Waals surface area contributed by atoms with E-state index in [0.717, 1.165) is 23.2 Å². The summed E-state index contributed by atoms with van der Waals surface area (Å²) >= 11 is -0.0139. The van der Waals surface area contributed by atoms with Crippen LogP contribution in [0.5, 0.6) is 0 Å². The van der Waals surface area contributed by atoms with E-state index >= 15 is 0 Å². The van der Waals surface area contributed by atoms with Crippen LogP contribution < -0.4 is 0 Å². The first-order chi connectivity index (χ1) is 9.37. The molecule has 1 atom stereocenters. The number of halogens is 1. The van der Waals surface area contributed by atoms with Crippen molar-refractivity contribution in [2.75, 3.05) is 5.75 Å². The predicted octanol–water partition coefficient (Wildman–Crippen LogP) is 4.09. The number of rotatable bonds is 7. The summed E-state index contributed by atoms with van der Waals surface area (Å²) in [4.78, 5) is 0. The van der Waals surface area contributed by atoms with Crippen molar-refractivity contribution < 1.29 is 13.0 Å². The molecule has 1 rings (SSSR count). The van der Waals surface area contributed by atoms with Gasteiger partial charge in [-0.1, -0.05) is 0 Å². The van der Waals surface area contributed by atoms with Gasteiger partial charge in [0.05, 0.1) is 0 Å². The van der Waals surface area contributed by atoms with Gasteiger partial charge in [0, 0.05) is 0 Å². The summed E-state index contributed by atoms with van der Waals surface area (Å²) in [7, 11) is -3.89. The van der Waals surface area contributed by atoms with Gasteiger partial charge in [-0.3, -0.25) is 0 Å². The molecule has 1 unspecified atom stereocenters. The van der Waals surface area contributed by atoms with Crippen molar-refractivity contribution in [3.05, 3.63) is 45.6 Å². The van der Waals surface area contributed by atoms with Crippen LogP contribution >= 0.6 is 21.2 Å². The van der Waals surface area contributed by atoms with Gasteiger partial charge in [-0.2, -0.15) is 0 Å². The second-order valence-corrected chi connectivity index (χ2v) is 9.72. The van der Waals surface area contributed by atoms with Gasteiger partial charge in [-0.15, -0.1) is 0 Å². The Bertz CT molecular complexity index is 527. The summed E-state index contributed by atoms with van der Waals surface area (Å²) in [6.07, 6.45) is 13.6. The van der Waals surface area contributed by atoms with Crippen LogP contribution in [-0.4, -0.2) is 22.6 Å². The molecule has 5 heteroatoms. The monoisotopic (exact) mass is 410 g/mol. The Morgan fingerprint density at radius 1 is 1.25 bits per heavy atom. The van der Waals surface area contributed by atoms with Crippen molar-refractivity contribution in [3.8, 4) is 0 Å². The number of alkyl halides is 1. The van der Waals surface area contributed by atoms with Crippen LogP contribution in [-0.2, 0) is 10.1 Å². The minimum absolute atomic E-state index is 0.0139. The Morgan fingerprint density at radius 2 is 2.00 bits per heavy atom. The Morgan fingerprint density at radius 3 is 2.60 bits per heavy atom. The molecule has 3 nitrogen and oxygen atoms in total. The van der Waals surface area contributed by atoms with E-state index in [4.69, 9.17) is 4.55 Å². The van der Waals surface area contributed by atoms with Gasteiger partial charge in [-0.05, 0) is 0 Å². The topological polar surface area (TPSA) is 54.4 Å². The molecule has 0 bridgehead atoms. The van der Waals surface area contributed by atoms with Crippen LogP contribution in [0.3, 0.4) is 0 Å². The molecular weight excluding hydrogens is 387 g/mol. The second kappa shape index (κ2) is 8.79. The molecule has 0 aromatic heterocycles. The summed E-state index contributed by atoms with van der Waals surface area (Å²) in [5.41, 5.74) is 2.05. The Labute approximate surface area is 132 Å². The van der Waals surface area contributed by atoms with Gasteiger partial charge in [0.15, 0.2) is 0 Å².